The van der Waals surface area contributed by atoms with Gasteiger partial charge in [0.25, 0.3) is 0 Å². The average molecular weight is 398 g/mol. The Bertz CT molecular complexity index is 1060. The van der Waals surface area contributed by atoms with Gasteiger partial charge in [0.2, 0.25) is 0 Å². The number of fused-ring (bicyclic) bond motifs is 1. The summed E-state index contributed by atoms with van der Waals surface area (Å²) in [5.74, 6) is -0.229. The fraction of sp³-hybridized carbons (Fsp3) is 0.318. The van der Waals surface area contributed by atoms with Crippen LogP contribution in [0.3, 0.4) is 0 Å². The zero-order chi connectivity index (χ0) is 20.3. The van der Waals surface area contributed by atoms with Crippen LogP contribution >= 0.6 is 11.3 Å². The number of Topliss-reactive ketones (excluding diaryl/α,β-unsaturated/α-hetero) is 1. The molecule has 0 N–H and O–H groups in total. The summed E-state index contributed by atoms with van der Waals surface area (Å²) in [6.07, 6.45) is 0.111. The fourth-order valence-electron chi connectivity index (χ4n) is 3.14. The molecule has 3 aromatic rings. The van der Waals surface area contributed by atoms with Gasteiger partial charge in [-0.3, -0.25) is 9.59 Å². The number of hydrogen-bond donors (Lipinski definition) is 0. The lowest BCUT2D eigenvalue weighted by atomic mass is 9.95. The van der Waals surface area contributed by atoms with Crippen molar-refractivity contribution in [3.05, 3.63) is 67.7 Å². The van der Waals surface area contributed by atoms with Crippen LogP contribution in [0.2, 0.25) is 0 Å². The minimum atomic E-state index is -0.483. The van der Waals surface area contributed by atoms with Gasteiger partial charge in [0.1, 0.15) is 12.2 Å². The zero-order valence-corrected chi connectivity index (χ0v) is 16.9. The molecule has 0 aliphatic heterocycles. The first-order valence-corrected chi connectivity index (χ1v) is 10.0. The molecular formula is C22H22O5S. The van der Waals surface area contributed by atoms with Crippen molar-refractivity contribution in [1.82, 2.24) is 0 Å². The van der Waals surface area contributed by atoms with Crippen LogP contribution in [0.25, 0.3) is 11.0 Å². The molecule has 0 atom stereocenters. The number of ether oxygens (including phenoxy) is 1. The molecule has 0 unspecified atom stereocenters. The lowest BCUT2D eigenvalue weighted by Gasteiger charge is -2.13. The first kappa shape index (κ1) is 20.0. The first-order valence-electron chi connectivity index (χ1n) is 9.14. The molecule has 1 aromatic carbocycles. The Kier molecular flexibility index (Phi) is 6.09. The topological polar surface area (TPSA) is 73.6 Å². The number of benzene rings is 1. The minimum absolute atomic E-state index is 0.00641. The second-order valence-corrected chi connectivity index (χ2v) is 7.96. The molecule has 0 spiro atoms. The highest BCUT2D eigenvalue weighted by Crippen LogP contribution is 2.27. The zero-order valence-electron chi connectivity index (χ0n) is 16.1. The van der Waals surface area contributed by atoms with Crippen molar-refractivity contribution in [3.63, 3.8) is 0 Å². The number of ketones is 1. The normalized spacial score (nSPS) is 11.1. The van der Waals surface area contributed by atoms with E-state index in [2.05, 4.69) is 13.8 Å². The lowest BCUT2D eigenvalue weighted by molar-refractivity contribution is -0.144. The van der Waals surface area contributed by atoms with E-state index in [-0.39, 0.29) is 25.2 Å². The lowest BCUT2D eigenvalue weighted by Crippen LogP contribution is -2.09. The Labute approximate surface area is 166 Å². The van der Waals surface area contributed by atoms with Crippen molar-refractivity contribution in [1.29, 1.82) is 0 Å². The molecule has 0 aliphatic carbocycles. The second kappa shape index (κ2) is 8.52. The molecule has 2 heterocycles. The van der Waals surface area contributed by atoms with Crippen LogP contribution in [0, 0.1) is 6.92 Å². The molecule has 3 rings (SSSR count). The van der Waals surface area contributed by atoms with Crippen molar-refractivity contribution in [2.24, 2.45) is 0 Å². The molecule has 6 heteroatoms. The fourth-order valence-corrected chi connectivity index (χ4v) is 3.83. The Morgan fingerprint density at radius 2 is 1.96 bits per heavy atom. The SMILES string of the molecule is Cc1cc2oc(=O)cc(COC(=O)CCC(=O)c3cccs3)c2cc1C(C)C. The summed E-state index contributed by atoms with van der Waals surface area (Å²) in [4.78, 5) is 36.6. The minimum Gasteiger partial charge on any atom is -0.461 e. The van der Waals surface area contributed by atoms with Crippen LogP contribution in [-0.4, -0.2) is 11.8 Å². The molecule has 0 aliphatic rings. The van der Waals surface area contributed by atoms with Gasteiger partial charge in [-0.15, -0.1) is 11.3 Å². The number of carbonyl (C=O) groups is 2. The van der Waals surface area contributed by atoms with Gasteiger partial charge in [0, 0.05) is 23.4 Å². The van der Waals surface area contributed by atoms with Crippen LogP contribution in [0.1, 0.15) is 59.0 Å². The number of thiophene rings is 1. The van der Waals surface area contributed by atoms with E-state index in [9.17, 15) is 14.4 Å². The van der Waals surface area contributed by atoms with Gasteiger partial charge in [0.05, 0.1) is 11.3 Å². The molecule has 2 aromatic heterocycles. The molecule has 0 bridgehead atoms. The standard InChI is InChI=1S/C22H22O5S/c1-13(2)16-11-17-15(10-22(25)27-19(17)9-14(16)3)12-26-21(24)7-6-18(23)20-5-4-8-28-20/h4-5,8-11,13H,6-7,12H2,1-3H3. The van der Waals surface area contributed by atoms with Crippen molar-refractivity contribution in [2.45, 2.75) is 46.1 Å². The van der Waals surface area contributed by atoms with E-state index in [1.54, 1.807) is 12.1 Å². The maximum atomic E-state index is 12.1. The summed E-state index contributed by atoms with van der Waals surface area (Å²) in [6.45, 7) is 6.13. The molecule has 0 fully saturated rings. The monoisotopic (exact) mass is 398 g/mol. The van der Waals surface area contributed by atoms with Crippen LogP contribution in [0.15, 0.2) is 44.9 Å². The largest absolute Gasteiger partial charge is 0.461 e. The highest BCUT2D eigenvalue weighted by Gasteiger charge is 2.14. The number of hydrogen-bond acceptors (Lipinski definition) is 6. The summed E-state index contributed by atoms with van der Waals surface area (Å²) < 4.78 is 10.6. The third-order valence-electron chi connectivity index (χ3n) is 4.58. The maximum Gasteiger partial charge on any atom is 0.336 e. The maximum absolute atomic E-state index is 12.1. The smallest absolute Gasteiger partial charge is 0.336 e. The Hall–Kier alpha value is -2.73. The summed E-state index contributed by atoms with van der Waals surface area (Å²) >= 11 is 1.35. The number of esters is 1. The summed E-state index contributed by atoms with van der Waals surface area (Å²) in [6, 6.07) is 8.72. The van der Waals surface area contributed by atoms with E-state index in [0.29, 0.717) is 21.9 Å². The number of aryl methyl sites for hydroxylation is 1. The van der Waals surface area contributed by atoms with E-state index in [1.165, 1.54) is 17.4 Å². The van der Waals surface area contributed by atoms with Gasteiger partial charge in [-0.25, -0.2) is 4.79 Å². The van der Waals surface area contributed by atoms with E-state index >= 15 is 0 Å². The molecule has 0 saturated heterocycles. The van der Waals surface area contributed by atoms with Crippen LogP contribution in [-0.2, 0) is 16.1 Å². The molecular weight excluding hydrogens is 376 g/mol. The molecule has 0 amide bonds. The van der Waals surface area contributed by atoms with Crippen molar-refractivity contribution < 1.29 is 18.7 Å². The van der Waals surface area contributed by atoms with Gasteiger partial charge < -0.3 is 9.15 Å². The second-order valence-electron chi connectivity index (χ2n) is 7.01. The highest BCUT2D eigenvalue weighted by atomic mass is 32.1. The van der Waals surface area contributed by atoms with Crippen LogP contribution in [0.5, 0.6) is 0 Å². The first-order chi connectivity index (χ1) is 13.3. The van der Waals surface area contributed by atoms with Gasteiger partial charge in [-0.2, -0.15) is 0 Å². The third kappa shape index (κ3) is 4.57. The van der Waals surface area contributed by atoms with Gasteiger partial charge in [0.15, 0.2) is 5.78 Å². The summed E-state index contributed by atoms with van der Waals surface area (Å²) in [7, 11) is 0. The summed E-state index contributed by atoms with van der Waals surface area (Å²) in [5, 5.41) is 2.58. The van der Waals surface area contributed by atoms with Gasteiger partial charge >= 0.3 is 11.6 Å². The average Bonchev–Trinajstić information content (AvgIpc) is 3.18. The van der Waals surface area contributed by atoms with E-state index in [0.717, 1.165) is 16.5 Å². The van der Waals surface area contributed by atoms with Crippen LogP contribution in [0.4, 0.5) is 0 Å². The predicted molar refractivity (Wildman–Crippen MR) is 109 cm³/mol. The summed E-state index contributed by atoms with van der Waals surface area (Å²) in [5.41, 5.74) is 2.80. The molecule has 5 nitrogen and oxygen atoms in total. The molecule has 0 radical (unpaired) electrons. The third-order valence-corrected chi connectivity index (χ3v) is 5.49. The number of carbonyl (C=O) groups excluding carboxylic acids is 2. The molecule has 0 saturated carbocycles. The van der Waals surface area contributed by atoms with E-state index in [1.807, 2.05) is 24.4 Å². The Balaban J connectivity index is 1.72. The van der Waals surface area contributed by atoms with E-state index < -0.39 is 11.6 Å². The van der Waals surface area contributed by atoms with Crippen molar-refractivity contribution in [2.75, 3.05) is 0 Å². The predicted octanol–water partition coefficient (Wildman–Crippen LogP) is 4.99. The van der Waals surface area contributed by atoms with Crippen LogP contribution < -0.4 is 5.63 Å². The Morgan fingerprint density at radius 1 is 1.18 bits per heavy atom. The van der Waals surface area contributed by atoms with E-state index in [4.69, 9.17) is 9.15 Å². The van der Waals surface area contributed by atoms with Gasteiger partial charge in [-0.1, -0.05) is 19.9 Å². The molecule has 146 valence electrons. The highest BCUT2D eigenvalue weighted by molar-refractivity contribution is 7.12. The number of rotatable bonds is 7. The quantitative estimate of drug-likeness (QED) is 0.318. The van der Waals surface area contributed by atoms with Crippen molar-refractivity contribution >= 4 is 34.1 Å². The Morgan fingerprint density at radius 3 is 2.64 bits per heavy atom. The molecule has 28 heavy (non-hydrogen) atoms. The van der Waals surface area contributed by atoms with Crippen molar-refractivity contribution in [3.8, 4) is 0 Å². The van der Waals surface area contributed by atoms with Gasteiger partial charge in [-0.05, 0) is 47.5 Å².